The average Bonchev–Trinajstić information content (AvgIpc) is 2.81. The zero-order valence-corrected chi connectivity index (χ0v) is 11.5. The molecule has 1 heterocycles. The van der Waals surface area contributed by atoms with E-state index in [9.17, 15) is 0 Å². The van der Waals surface area contributed by atoms with Gasteiger partial charge in [-0.2, -0.15) is 0 Å². The van der Waals surface area contributed by atoms with Crippen LogP contribution in [0.1, 0.15) is 34.8 Å². The molecule has 0 unspecified atom stereocenters. The molecule has 18 heavy (non-hydrogen) atoms. The molecule has 96 valence electrons. The summed E-state index contributed by atoms with van der Waals surface area (Å²) in [7, 11) is 0. The molecule has 4 heteroatoms. The van der Waals surface area contributed by atoms with Gasteiger partial charge in [-0.05, 0) is 19.4 Å². The lowest BCUT2D eigenvalue weighted by Gasteiger charge is -2.15. The van der Waals surface area contributed by atoms with Crippen LogP contribution in [0.5, 0.6) is 5.75 Å². The number of ether oxygens (including phenoxy) is 1. The molecule has 3 nitrogen and oxygen atoms in total. The van der Waals surface area contributed by atoms with Crippen LogP contribution in [0, 0.1) is 6.92 Å². The van der Waals surface area contributed by atoms with Gasteiger partial charge < -0.3 is 10.5 Å². The van der Waals surface area contributed by atoms with Gasteiger partial charge >= 0.3 is 0 Å². The van der Waals surface area contributed by atoms with Gasteiger partial charge in [0.05, 0.1) is 9.88 Å². The second-order valence-electron chi connectivity index (χ2n) is 4.19. The molecule has 0 radical (unpaired) electrons. The highest BCUT2D eigenvalue weighted by molar-refractivity contribution is 7.11. The quantitative estimate of drug-likeness (QED) is 0.898. The minimum Gasteiger partial charge on any atom is -0.488 e. The Balaban J connectivity index is 2.09. The molecule has 0 aliphatic heterocycles. The molecule has 0 saturated heterocycles. The summed E-state index contributed by atoms with van der Waals surface area (Å²) >= 11 is 1.66. The van der Waals surface area contributed by atoms with Crippen LogP contribution in [-0.4, -0.2) is 4.98 Å². The Bertz CT molecular complexity index is 510. The number of hydrogen-bond donors (Lipinski definition) is 1. The van der Waals surface area contributed by atoms with Crippen LogP contribution in [0.4, 0.5) is 0 Å². The fourth-order valence-electron chi connectivity index (χ4n) is 1.76. The molecule has 0 saturated carbocycles. The molecule has 0 amide bonds. The summed E-state index contributed by atoms with van der Waals surface area (Å²) in [6.45, 7) is 4.63. The Morgan fingerprint density at radius 3 is 2.83 bits per heavy atom. The monoisotopic (exact) mass is 262 g/mol. The summed E-state index contributed by atoms with van der Waals surface area (Å²) in [6, 6.07) is 8.00. The fourth-order valence-corrected chi connectivity index (χ4v) is 2.47. The van der Waals surface area contributed by atoms with E-state index in [1.807, 2.05) is 37.4 Å². The molecule has 0 bridgehead atoms. The summed E-state index contributed by atoms with van der Waals surface area (Å²) in [4.78, 5) is 5.35. The third-order valence-electron chi connectivity index (χ3n) is 2.80. The first-order valence-electron chi connectivity index (χ1n) is 6.09. The van der Waals surface area contributed by atoms with E-state index < -0.39 is 0 Å². The standard InChI is InChI=1S/C14H18N2OS/c1-3-13(15)12-6-4-5-7-14(12)17-9-11-8-16-10(2)18-11/h4-8,13H,3,9,15H2,1-2H3/t13-/m0/s1. The Kier molecular flexibility index (Phi) is 4.33. The van der Waals surface area contributed by atoms with E-state index in [1.165, 1.54) is 0 Å². The molecule has 0 spiro atoms. The largest absolute Gasteiger partial charge is 0.488 e. The van der Waals surface area contributed by atoms with E-state index >= 15 is 0 Å². The Morgan fingerprint density at radius 1 is 1.39 bits per heavy atom. The maximum atomic E-state index is 6.08. The van der Waals surface area contributed by atoms with Crippen molar-refractivity contribution in [2.45, 2.75) is 32.9 Å². The molecule has 2 aromatic rings. The van der Waals surface area contributed by atoms with Gasteiger partial charge in [-0.1, -0.05) is 25.1 Å². The zero-order valence-electron chi connectivity index (χ0n) is 10.7. The van der Waals surface area contributed by atoms with Crippen molar-refractivity contribution in [3.8, 4) is 5.75 Å². The highest BCUT2D eigenvalue weighted by Crippen LogP contribution is 2.26. The highest BCUT2D eigenvalue weighted by atomic mass is 32.1. The molecule has 0 aliphatic rings. The van der Waals surface area contributed by atoms with Crippen LogP contribution < -0.4 is 10.5 Å². The summed E-state index contributed by atoms with van der Waals surface area (Å²) in [5, 5.41) is 1.06. The Labute approximate surface area is 112 Å². The van der Waals surface area contributed by atoms with Crippen LogP contribution >= 0.6 is 11.3 Å². The molecular formula is C14H18N2OS. The first-order chi connectivity index (χ1) is 8.70. The lowest BCUT2D eigenvalue weighted by atomic mass is 10.0. The van der Waals surface area contributed by atoms with Gasteiger partial charge in [-0.25, -0.2) is 4.98 Å². The number of aromatic nitrogens is 1. The van der Waals surface area contributed by atoms with E-state index in [1.54, 1.807) is 11.3 Å². The summed E-state index contributed by atoms with van der Waals surface area (Å²) in [6.07, 6.45) is 2.77. The van der Waals surface area contributed by atoms with Crippen molar-refractivity contribution < 1.29 is 4.74 Å². The number of para-hydroxylation sites is 1. The predicted molar refractivity (Wildman–Crippen MR) is 74.8 cm³/mol. The average molecular weight is 262 g/mol. The van der Waals surface area contributed by atoms with Gasteiger partial charge in [0, 0.05) is 17.8 Å². The van der Waals surface area contributed by atoms with Crippen molar-refractivity contribution in [3.05, 3.63) is 45.9 Å². The van der Waals surface area contributed by atoms with E-state index in [0.717, 1.165) is 27.6 Å². The topological polar surface area (TPSA) is 48.1 Å². The zero-order chi connectivity index (χ0) is 13.0. The second-order valence-corrected chi connectivity index (χ2v) is 5.51. The molecule has 2 rings (SSSR count). The summed E-state index contributed by atoms with van der Waals surface area (Å²) in [5.41, 5.74) is 7.15. The summed E-state index contributed by atoms with van der Waals surface area (Å²) in [5.74, 6) is 0.873. The molecule has 1 aromatic carbocycles. The SMILES string of the molecule is CC[C@H](N)c1ccccc1OCc1cnc(C)s1. The Hall–Kier alpha value is -1.39. The number of nitrogens with zero attached hydrogens (tertiary/aromatic N) is 1. The van der Waals surface area contributed by atoms with Gasteiger partial charge in [-0.15, -0.1) is 11.3 Å². The van der Waals surface area contributed by atoms with Crippen molar-refractivity contribution in [1.29, 1.82) is 0 Å². The lowest BCUT2D eigenvalue weighted by molar-refractivity contribution is 0.304. The van der Waals surface area contributed by atoms with Crippen LogP contribution in [0.3, 0.4) is 0 Å². The van der Waals surface area contributed by atoms with E-state index in [4.69, 9.17) is 10.5 Å². The van der Waals surface area contributed by atoms with Gasteiger partial charge in [0.15, 0.2) is 0 Å². The number of benzene rings is 1. The van der Waals surface area contributed by atoms with E-state index in [2.05, 4.69) is 11.9 Å². The maximum absolute atomic E-state index is 6.08. The highest BCUT2D eigenvalue weighted by Gasteiger charge is 2.10. The first-order valence-corrected chi connectivity index (χ1v) is 6.91. The second kappa shape index (κ2) is 5.98. The minimum atomic E-state index is 0.0318. The van der Waals surface area contributed by atoms with Crippen LogP contribution in [-0.2, 0) is 6.61 Å². The van der Waals surface area contributed by atoms with Crippen molar-refractivity contribution in [2.24, 2.45) is 5.73 Å². The van der Waals surface area contributed by atoms with Crippen LogP contribution in [0.25, 0.3) is 0 Å². The number of aryl methyl sites for hydroxylation is 1. The van der Waals surface area contributed by atoms with E-state index in [-0.39, 0.29) is 6.04 Å². The molecule has 1 aromatic heterocycles. The summed E-state index contributed by atoms with van der Waals surface area (Å²) < 4.78 is 5.85. The van der Waals surface area contributed by atoms with Crippen molar-refractivity contribution in [3.63, 3.8) is 0 Å². The van der Waals surface area contributed by atoms with Gasteiger partial charge in [-0.3, -0.25) is 0 Å². The number of hydrogen-bond acceptors (Lipinski definition) is 4. The predicted octanol–water partition coefficient (Wildman–Crippen LogP) is 3.44. The molecule has 1 atom stereocenters. The molecular weight excluding hydrogens is 244 g/mol. The first kappa shape index (κ1) is 13.1. The normalized spacial score (nSPS) is 12.4. The fraction of sp³-hybridized carbons (Fsp3) is 0.357. The van der Waals surface area contributed by atoms with Crippen molar-refractivity contribution in [1.82, 2.24) is 4.98 Å². The van der Waals surface area contributed by atoms with Gasteiger partial charge in [0.2, 0.25) is 0 Å². The van der Waals surface area contributed by atoms with Crippen molar-refractivity contribution >= 4 is 11.3 Å². The number of thiazole rings is 1. The third kappa shape index (κ3) is 3.09. The minimum absolute atomic E-state index is 0.0318. The van der Waals surface area contributed by atoms with E-state index in [0.29, 0.717) is 6.61 Å². The van der Waals surface area contributed by atoms with Gasteiger partial charge in [0.1, 0.15) is 12.4 Å². The molecule has 0 aliphatic carbocycles. The van der Waals surface area contributed by atoms with Crippen LogP contribution in [0.2, 0.25) is 0 Å². The van der Waals surface area contributed by atoms with Crippen molar-refractivity contribution in [2.75, 3.05) is 0 Å². The molecule has 0 fully saturated rings. The number of rotatable bonds is 5. The lowest BCUT2D eigenvalue weighted by Crippen LogP contribution is -2.10. The third-order valence-corrected chi connectivity index (χ3v) is 3.68. The molecule has 2 N–H and O–H groups in total. The van der Waals surface area contributed by atoms with Crippen LogP contribution in [0.15, 0.2) is 30.5 Å². The number of nitrogens with two attached hydrogens (primary N) is 1. The Morgan fingerprint density at radius 2 is 2.17 bits per heavy atom. The maximum Gasteiger partial charge on any atom is 0.124 e. The van der Waals surface area contributed by atoms with Gasteiger partial charge in [0.25, 0.3) is 0 Å². The smallest absolute Gasteiger partial charge is 0.124 e.